The van der Waals surface area contributed by atoms with E-state index in [4.69, 9.17) is 9.47 Å². The van der Waals surface area contributed by atoms with Crippen LogP contribution in [0.5, 0.6) is 0 Å². The van der Waals surface area contributed by atoms with Gasteiger partial charge >= 0.3 is 0 Å². The van der Waals surface area contributed by atoms with Crippen LogP contribution in [0.4, 0.5) is 5.69 Å². The van der Waals surface area contributed by atoms with E-state index in [0.717, 1.165) is 51.0 Å². The van der Waals surface area contributed by atoms with Crippen molar-refractivity contribution in [2.45, 2.75) is 44.8 Å². The van der Waals surface area contributed by atoms with Crippen LogP contribution in [-0.2, 0) is 14.3 Å². The number of carbonyl (C=O) groups excluding carboxylic acids is 1. The van der Waals surface area contributed by atoms with Crippen LogP contribution in [0, 0.1) is 6.92 Å². The first kappa shape index (κ1) is 18.4. The highest BCUT2D eigenvalue weighted by Crippen LogP contribution is 2.26. The number of piperidine rings is 2. The number of rotatable bonds is 6. The fraction of sp³-hybridized carbons (Fsp3) is 0.650. The molecule has 0 N–H and O–H groups in total. The van der Waals surface area contributed by atoms with Crippen LogP contribution in [0.25, 0.3) is 0 Å². The van der Waals surface area contributed by atoms with Gasteiger partial charge < -0.3 is 14.4 Å². The number of likely N-dealkylation sites (tertiary alicyclic amines) is 1. The van der Waals surface area contributed by atoms with E-state index in [1.165, 1.54) is 5.56 Å². The molecular weight excluding hydrogens is 316 g/mol. The topological polar surface area (TPSA) is 42.0 Å². The van der Waals surface area contributed by atoms with Crippen LogP contribution in [0.2, 0.25) is 0 Å². The Morgan fingerprint density at radius 2 is 1.76 bits per heavy atom. The van der Waals surface area contributed by atoms with E-state index in [2.05, 4.69) is 36.1 Å². The van der Waals surface area contributed by atoms with Gasteiger partial charge in [-0.1, -0.05) is 17.7 Å². The van der Waals surface area contributed by atoms with Gasteiger partial charge in [0, 0.05) is 32.4 Å². The first-order chi connectivity index (χ1) is 12.2. The van der Waals surface area contributed by atoms with Crippen molar-refractivity contribution in [3.63, 3.8) is 0 Å². The minimum atomic E-state index is 0.0231. The molecule has 0 aromatic heterocycles. The molecule has 3 rings (SSSR count). The van der Waals surface area contributed by atoms with Crippen molar-refractivity contribution in [3.8, 4) is 0 Å². The van der Waals surface area contributed by atoms with Crippen LogP contribution in [0.1, 0.15) is 31.2 Å². The molecule has 2 aliphatic heterocycles. The first-order valence-corrected chi connectivity index (χ1v) is 9.41. The summed E-state index contributed by atoms with van der Waals surface area (Å²) in [5.74, 6) is 0.258. The molecule has 1 aromatic carbocycles. The van der Waals surface area contributed by atoms with Crippen LogP contribution in [0.15, 0.2) is 24.3 Å². The molecule has 2 heterocycles. The molecule has 0 saturated carbocycles. The van der Waals surface area contributed by atoms with Gasteiger partial charge in [-0.15, -0.1) is 0 Å². The Balaban J connectivity index is 1.56. The zero-order chi connectivity index (χ0) is 17.6. The Labute approximate surface area is 150 Å². The Morgan fingerprint density at radius 1 is 1.04 bits per heavy atom. The number of hydrogen-bond acceptors (Lipinski definition) is 4. The summed E-state index contributed by atoms with van der Waals surface area (Å²) in [6, 6.07) is 8.30. The Morgan fingerprint density at radius 3 is 2.44 bits per heavy atom. The molecule has 1 atom stereocenters. The molecule has 5 heteroatoms. The van der Waals surface area contributed by atoms with Crippen LogP contribution in [0.3, 0.4) is 0 Å². The van der Waals surface area contributed by atoms with Gasteiger partial charge in [0.05, 0.1) is 25.4 Å². The maximum absolute atomic E-state index is 13.0. The van der Waals surface area contributed by atoms with Crippen molar-refractivity contribution in [2.75, 3.05) is 44.9 Å². The summed E-state index contributed by atoms with van der Waals surface area (Å²) in [7, 11) is 1.69. The summed E-state index contributed by atoms with van der Waals surface area (Å²) in [6.07, 6.45) is 4.33. The molecule has 2 saturated heterocycles. The predicted molar refractivity (Wildman–Crippen MR) is 99.0 cm³/mol. The molecule has 1 unspecified atom stereocenters. The van der Waals surface area contributed by atoms with Gasteiger partial charge in [-0.05, 0) is 44.7 Å². The first-order valence-electron chi connectivity index (χ1n) is 9.41. The molecule has 0 radical (unpaired) electrons. The molecule has 2 aliphatic rings. The van der Waals surface area contributed by atoms with E-state index in [0.29, 0.717) is 19.3 Å². The maximum atomic E-state index is 13.0. The number of nitrogens with zero attached hydrogens (tertiary/aromatic N) is 2. The average molecular weight is 346 g/mol. The van der Waals surface area contributed by atoms with Crippen molar-refractivity contribution in [2.24, 2.45) is 0 Å². The Kier molecular flexibility index (Phi) is 6.45. The highest BCUT2D eigenvalue weighted by atomic mass is 16.5. The third-order valence-corrected chi connectivity index (χ3v) is 5.31. The number of amides is 1. The van der Waals surface area contributed by atoms with E-state index < -0.39 is 0 Å². The second-order valence-electron chi connectivity index (χ2n) is 7.08. The van der Waals surface area contributed by atoms with Crippen molar-refractivity contribution in [1.82, 2.24) is 4.90 Å². The van der Waals surface area contributed by atoms with Crippen molar-refractivity contribution in [3.05, 3.63) is 29.8 Å². The molecule has 1 aromatic rings. The van der Waals surface area contributed by atoms with Crippen molar-refractivity contribution >= 4 is 11.6 Å². The lowest BCUT2D eigenvalue weighted by Crippen LogP contribution is -2.55. The van der Waals surface area contributed by atoms with E-state index >= 15 is 0 Å². The lowest BCUT2D eigenvalue weighted by atomic mass is 9.98. The molecule has 138 valence electrons. The molecule has 0 bridgehead atoms. The van der Waals surface area contributed by atoms with E-state index in [-0.39, 0.29) is 11.9 Å². The van der Waals surface area contributed by atoms with Gasteiger partial charge in [-0.3, -0.25) is 9.69 Å². The monoisotopic (exact) mass is 346 g/mol. The zero-order valence-electron chi connectivity index (χ0n) is 15.4. The normalized spacial score (nSPS) is 23.2. The summed E-state index contributed by atoms with van der Waals surface area (Å²) in [6.45, 7) is 6.08. The largest absolute Gasteiger partial charge is 0.382 e. The number of carbonyl (C=O) groups is 1. The van der Waals surface area contributed by atoms with Crippen molar-refractivity contribution < 1.29 is 14.3 Å². The van der Waals surface area contributed by atoms with Gasteiger partial charge in [0.15, 0.2) is 0 Å². The number of anilines is 1. The minimum Gasteiger partial charge on any atom is -0.382 e. The van der Waals surface area contributed by atoms with E-state index in [9.17, 15) is 4.79 Å². The smallest absolute Gasteiger partial charge is 0.244 e. The lowest BCUT2D eigenvalue weighted by molar-refractivity contribution is -0.126. The predicted octanol–water partition coefficient (Wildman–Crippen LogP) is 2.62. The summed E-state index contributed by atoms with van der Waals surface area (Å²) in [5, 5.41) is 0. The number of hydrogen-bond donors (Lipinski definition) is 0. The standard InChI is InChI=1S/C20H30N2O3/c1-16-5-7-17(8-6-16)22-11-3-4-19(20(22)23)21-12-9-18(10-13-21)25-15-14-24-2/h5-8,18-19H,3-4,9-15H2,1-2H3. The minimum absolute atomic E-state index is 0.0231. The van der Waals surface area contributed by atoms with Crippen LogP contribution >= 0.6 is 0 Å². The highest BCUT2D eigenvalue weighted by Gasteiger charge is 2.35. The van der Waals surface area contributed by atoms with E-state index in [1.807, 2.05) is 4.90 Å². The quantitative estimate of drug-likeness (QED) is 0.743. The molecule has 0 aliphatic carbocycles. The molecular formula is C20H30N2O3. The van der Waals surface area contributed by atoms with Crippen LogP contribution < -0.4 is 4.90 Å². The number of benzene rings is 1. The summed E-state index contributed by atoms with van der Waals surface area (Å²) < 4.78 is 10.9. The van der Waals surface area contributed by atoms with E-state index in [1.54, 1.807) is 7.11 Å². The second-order valence-corrected chi connectivity index (χ2v) is 7.08. The third-order valence-electron chi connectivity index (χ3n) is 5.31. The SMILES string of the molecule is COCCOC1CCN(C2CCCN(c3ccc(C)cc3)C2=O)CC1. The third kappa shape index (κ3) is 4.60. The fourth-order valence-corrected chi connectivity index (χ4v) is 3.83. The second kappa shape index (κ2) is 8.79. The highest BCUT2D eigenvalue weighted by molar-refractivity contribution is 5.97. The lowest BCUT2D eigenvalue weighted by Gasteiger charge is -2.41. The Bertz CT molecular complexity index is 553. The van der Waals surface area contributed by atoms with Crippen molar-refractivity contribution in [1.29, 1.82) is 0 Å². The molecule has 5 nitrogen and oxygen atoms in total. The summed E-state index contributed by atoms with van der Waals surface area (Å²) >= 11 is 0. The summed E-state index contributed by atoms with van der Waals surface area (Å²) in [5.41, 5.74) is 2.25. The van der Waals surface area contributed by atoms with Gasteiger partial charge in [0.25, 0.3) is 0 Å². The Hall–Kier alpha value is -1.43. The molecule has 1 amide bonds. The zero-order valence-corrected chi connectivity index (χ0v) is 15.4. The summed E-state index contributed by atoms with van der Waals surface area (Å²) in [4.78, 5) is 17.4. The number of ether oxygens (including phenoxy) is 2. The van der Waals surface area contributed by atoms with Gasteiger partial charge in [0.2, 0.25) is 5.91 Å². The van der Waals surface area contributed by atoms with Crippen LogP contribution in [-0.4, -0.2) is 62.9 Å². The van der Waals surface area contributed by atoms with Gasteiger partial charge in [-0.25, -0.2) is 0 Å². The van der Waals surface area contributed by atoms with Gasteiger partial charge in [-0.2, -0.15) is 0 Å². The number of aryl methyl sites for hydroxylation is 1. The molecule has 25 heavy (non-hydrogen) atoms. The maximum Gasteiger partial charge on any atom is 0.244 e. The molecule has 2 fully saturated rings. The average Bonchev–Trinajstić information content (AvgIpc) is 2.64. The fourth-order valence-electron chi connectivity index (χ4n) is 3.83. The van der Waals surface area contributed by atoms with Gasteiger partial charge in [0.1, 0.15) is 0 Å². The molecule has 0 spiro atoms. The number of methoxy groups -OCH3 is 1.